The summed E-state index contributed by atoms with van der Waals surface area (Å²) in [6.45, 7) is 8.83. The summed E-state index contributed by atoms with van der Waals surface area (Å²) in [6, 6.07) is 0. The van der Waals surface area contributed by atoms with E-state index in [4.69, 9.17) is 4.99 Å². The summed E-state index contributed by atoms with van der Waals surface area (Å²) in [5.74, 6) is 0.436. The van der Waals surface area contributed by atoms with Crippen molar-refractivity contribution in [3.05, 3.63) is 69.4 Å². The third-order valence-corrected chi connectivity index (χ3v) is 4.92. The minimum Gasteiger partial charge on any atom is -0.256 e. The van der Waals surface area contributed by atoms with Crippen molar-refractivity contribution in [2.24, 2.45) is 10.9 Å². The van der Waals surface area contributed by atoms with Gasteiger partial charge in [0.2, 0.25) is 0 Å². The Balaban J connectivity index is 2.54. The summed E-state index contributed by atoms with van der Waals surface area (Å²) < 4.78 is 1.22. The summed E-state index contributed by atoms with van der Waals surface area (Å²) in [4.78, 5) is 5.13. The van der Waals surface area contributed by atoms with E-state index >= 15 is 0 Å². The molecule has 0 fully saturated rings. The second-order valence-corrected chi connectivity index (χ2v) is 7.24. The molecule has 0 heterocycles. The summed E-state index contributed by atoms with van der Waals surface area (Å²) in [7, 11) is 0. The molecule has 23 heavy (non-hydrogen) atoms. The van der Waals surface area contributed by atoms with Crippen LogP contribution in [0.5, 0.6) is 0 Å². The zero-order chi connectivity index (χ0) is 16.8. The quantitative estimate of drug-likeness (QED) is 0.480. The minimum absolute atomic E-state index is 0.436. The van der Waals surface area contributed by atoms with Crippen LogP contribution in [0.1, 0.15) is 47.0 Å². The highest BCUT2D eigenvalue weighted by Gasteiger charge is 2.16. The molecule has 2 heteroatoms. The van der Waals surface area contributed by atoms with Crippen LogP contribution in [0.25, 0.3) is 0 Å². The highest BCUT2D eigenvalue weighted by atomic mass is 79.9. The van der Waals surface area contributed by atoms with Gasteiger partial charge in [-0.25, -0.2) is 0 Å². The fourth-order valence-electron chi connectivity index (χ4n) is 2.70. The largest absolute Gasteiger partial charge is 0.256 e. The number of hydrogen-bond donors (Lipinski definition) is 0. The SMILES string of the molecule is CCC(C)C(=NC1=C(C)C=CC=CC1)C1=C(C)C=C(Br)CC=C1. The zero-order valence-electron chi connectivity index (χ0n) is 14.6. The van der Waals surface area contributed by atoms with Gasteiger partial charge in [-0.05, 0) is 59.9 Å². The van der Waals surface area contributed by atoms with Gasteiger partial charge in [0.25, 0.3) is 0 Å². The first-order chi connectivity index (χ1) is 11.0. The Morgan fingerprint density at radius 2 is 1.91 bits per heavy atom. The molecular formula is C21H26BrN. The van der Waals surface area contributed by atoms with Crippen LogP contribution >= 0.6 is 15.9 Å². The number of allylic oxidation sites excluding steroid dienone is 11. The second-order valence-electron chi connectivity index (χ2n) is 6.22. The summed E-state index contributed by atoms with van der Waals surface area (Å²) in [6.07, 6.45) is 18.1. The molecular weight excluding hydrogens is 346 g/mol. The van der Waals surface area contributed by atoms with Gasteiger partial charge in [-0.1, -0.05) is 66.2 Å². The Morgan fingerprint density at radius 1 is 1.13 bits per heavy atom. The Kier molecular flexibility index (Phi) is 6.59. The molecule has 0 aliphatic heterocycles. The fourth-order valence-corrected chi connectivity index (χ4v) is 3.23. The van der Waals surface area contributed by atoms with Crippen molar-refractivity contribution in [1.29, 1.82) is 0 Å². The Morgan fingerprint density at radius 3 is 2.65 bits per heavy atom. The number of halogens is 1. The van der Waals surface area contributed by atoms with E-state index in [0.29, 0.717) is 5.92 Å². The van der Waals surface area contributed by atoms with E-state index in [0.717, 1.165) is 19.3 Å². The Labute approximate surface area is 149 Å². The molecule has 1 unspecified atom stereocenters. The van der Waals surface area contributed by atoms with Crippen molar-refractivity contribution in [1.82, 2.24) is 0 Å². The normalized spacial score (nSPS) is 20.6. The maximum absolute atomic E-state index is 5.13. The van der Waals surface area contributed by atoms with E-state index in [1.165, 1.54) is 32.6 Å². The number of rotatable bonds is 4. The van der Waals surface area contributed by atoms with Crippen molar-refractivity contribution in [3.63, 3.8) is 0 Å². The van der Waals surface area contributed by atoms with Gasteiger partial charge in [-0.15, -0.1) is 0 Å². The average Bonchev–Trinajstić information content (AvgIpc) is 2.82. The van der Waals surface area contributed by atoms with Crippen molar-refractivity contribution in [2.75, 3.05) is 0 Å². The molecule has 1 nitrogen and oxygen atoms in total. The van der Waals surface area contributed by atoms with Gasteiger partial charge in [-0.3, -0.25) is 4.99 Å². The van der Waals surface area contributed by atoms with E-state index in [1.54, 1.807) is 0 Å². The molecule has 0 spiro atoms. The predicted octanol–water partition coefficient (Wildman–Crippen LogP) is 6.82. The molecule has 0 saturated carbocycles. The van der Waals surface area contributed by atoms with E-state index < -0.39 is 0 Å². The van der Waals surface area contributed by atoms with Crippen molar-refractivity contribution in [3.8, 4) is 0 Å². The van der Waals surface area contributed by atoms with Crippen LogP contribution in [0.2, 0.25) is 0 Å². The lowest BCUT2D eigenvalue weighted by atomic mass is 9.92. The van der Waals surface area contributed by atoms with E-state index in [2.05, 4.69) is 86.2 Å². The van der Waals surface area contributed by atoms with Crippen molar-refractivity contribution in [2.45, 2.75) is 47.0 Å². The van der Waals surface area contributed by atoms with Crippen LogP contribution in [0.4, 0.5) is 0 Å². The van der Waals surface area contributed by atoms with Crippen molar-refractivity contribution >= 4 is 21.6 Å². The number of aliphatic imine (C=N–C) groups is 1. The highest BCUT2D eigenvalue weighted by molar-refractivity contribution is 9.11. The summed E-state index contributed by atoms with van der Waals surface area (Å²) in [5.41, 5.74) is 6.18. The topological polar surface area (TPSA) is 12.4 Å². The third kappa shape index (κ3) is 4.78. The molecule has 122 valence electrons. The zero-order valence-corrected chi connectivity index (χ0v) is 16.2. The van der Waals surface area contributed by atoms with Gasteiger partial charge >= 0.3 is 0 Å². The van der Waals surface area contributed by atoms with Crippen molar-refractivity contribution < 1.29 is 0 Å². The van der Waals surface area contributed by atoms with E-state index in [9.17, 15) is 0 Å². The number of nitrogens with zero attached hydrogens (tertiary/aromatic N) is 1. The summed E-state index contributed by atoms with van der Waals surface area (Å²) in [5, 5.41) is 0. The molecule has 2 aliphatic carbocycles. The molecule has 0 saturated heterocycles. The van der Waals surface area contributed by atoms with Crippen LogP contribution in [-0.4, -0.2) is 5.71 Å². The van der Waals surface area contributed by atoms with Gasteiger partial charge in [0, 0.05) is 12.1 Å². The maximum Gasteiger partial charge on any atom is 0.0509 e. The molecule has 0 aromatic carbocycles. The third-order valence-electron chi connectivity index (χ3n) is 4.37. The Hall–Kier alpha value is -1.41. The molecule has 0 radical (unpaired) electrons. The van der Waals surface area contributed by atoms with Crippen LogP contribution in [0.15, 0.2) is 74.4 Å². The lowest BCUT2D eigenvalue weighted by molar-refractivity contribution is 0.737. The average molecular weight is 372 g/mol. The van der Waals surface area contributed by atoms with Gasteiger partial charge in [0.1, 0.15) is 0 Å². The maximum atomic E-state index is 5.13. The van der Waals surface area contributed by atoms with Gasteiger partial charge in [0.15, 0.2) is 0 Å². The molecule has 1 atom stereocenters. The van der Waals surface area contributed by atoms with Crippen LogP contribution in [0.3, 0.4) is 0 Å². The minimum atomic E-state index is 0.436. The van der Waals surface area contributed by atoms with E-state index in [-0.39, 0.29) is 0 Å². The predicted molar refractivity (Wildman–Crippen MR) is 106 cm³/mol. The molecule has 0 N–H and O–H groups in total. The smallest absolute Gasteiger partial charge is 0.0509 e. The fraction of sp³-hybridized carbons (Fsp3) is 0.381. The molecule has 0 bridgehead atoms. The monoisotopic (exact) mass is 371 g/mol. The molecule has 2 aliphatic rings. The van der Waals surface area contributed by atoms with Gasteiger partial charge in [0.05, 0.1) is 5.71 Å². The van der Waals surface area contributed by atoms with E-state index in [1.807, 2.05) is 0 Å². The molecule has 2 rings (SSSR count). The number of hydrogen-bond acceptors (Lipinski definition) is 1. The standard InChI is InChI=1S/C21H26BrN/c1-5-15(2)21(19-12-9-11-18(22)14-17(19)4)23-20-13-8-6-7-10-16(20)3/h6-10,12,14-15H,5,11,13H2,1-4H3. The molecule has 0 aromatic rings. The Bertz CT molecular complexity index is 666. The first-order valence-corrected chi connectivity index (χ1v) is 9.17. The first kappa shape index (κ1) is 17.9. The first-order valence-electron chi connectivity index (χ1n) is 8.38. The van der Waals surface area contributed by atoms with Crippen LogP contribution < -0.4 is 0 Å². The van der Waals surface area contributed by atoms with Crippen LogP contribution in [0, 0.1) is 5.92 Å². The van der Waals surface area contributed by atoms with Gasteiger partial charge in [-0.2, -0.15) is 0 Å². The summed E-state index contributed by atoms with van der Waals surface area (Å²) >= 11 is 3.64. The molecule has 0 amide bonds. The second kappa shape index (κ2) is 8.44. The van der Waals surface area contributed by atoms with Crippen LogP contribution in [-0.2, 0) is 0 Å². The lowest BCUT2D eigenvalue weighted by Crippen LogP contribution is -2.14. The molecule has 0 aromatic heterocycles. The van der Waals surface area contributed by atoms with Gasteiger partial charge < -0.3 is 0 Å². The highest BCUT2D eigenvalue weighted by Crippen LogP contribution is 2.27. The lowest BCUT2D eigenvalue weighted by Gasteiger charge is -2.17.